The number of nitriles is 1. The predicted octanol–water partition coefficient (Wildman–Crippen LogP) is 4.10. The van der Waals surface area contributed by atoms with Crippen LogP contribution in [0.1, 0.15) is 25.3 Å². The van der Waals surface area contributed by atoms with Gasteiger partial charge in [-0.15, -0.1) is 0 Å². The van der Waals surface area contributed by atoms with E-state index in [4.69, 9.17) is 16.9 Å². The van der Waals surface area contributed by atoms with Crippen molar-refractivity contribution in [3.8, 4) is 6.07 Å². The second kappa shape index (κ2) is 5.53. The fourth-order valence-electron chi connectivity index (χ4n) is 1.24. The molecule has 1 rings (SSSR count). The average Bonchev–Trinajstić information content (AvgIpc) is 2.26. The van der Waals surface area contributed by atoms with Crippen LogP contribution in [0.3, 0.4) is 0 Å². The maximum atomic E-state index is 12.7. The van der Waals surface area contributed by atoms with Gasteiger partial charge in [-0.25, -0.2) is 4.39 Å². The van der Waals surface area contributed by atoms with Gasteiger partial charge in [0.2, 0.25) is 0 Å². The van der Waals surface area contributed by atoms with Crippen molar-refractivity contribution in [1.29, 1.82) is 5.26 Å². The minimum Gasteiger partial charge on any atom is -0.207 e. The Hall–Kier alpha value is -1.33. The fraction of sp³-hybridized carbons (Fsp3) is 0.250. The first-order valence-electron chi connectivity index (χ1n) is 4.73. The van der Waals surface area contributed by atoms with E-state index < -0.39 is 0 Å². The quantitative estimate of drug-likeness (QED) is 0.708. The molecule has 3 heteroatoms. The molecule has 0 aliphatic heterocycles. The van der Waals surface area contributed by atoms with Crippen molar-refractivity contribution in [3.63, 3.8) is 0 Å². The molecule has 0 saturated carbocycles. The van der Waals surface area contributed by atoms with E-state index in [2.05, 4.69) is 6.07 Å². The molecule has 0 radical (unpaired) electrons. The van der Waals surface area contributed by atoms with E-state index in [-0.39, 0.29) is 5.82 Å². The Bertz CT molecular complexity index is 401. The van der Waals surface area contributed by atoms with Gasteiger partial charge in [0.25, 0.3) is 0 Å². The number of allylic oxidation sites excluding steroid dienone is 1. The lowest BCUT2D eigenvalue weighted by molar-refractivity contribution is 0.627. The van der Waals surface area contributed by atoms with Gasteiger partial charge in [0.15, 0.2) is 0 Å². The highest BCUT2D eigenvalue weighted by molar-refractivity contribution is 6.49. The van der Waals surface area contributed by atoms with Gasteiger partial charge in [-0.2, -0.15) is 5.26 Å². The van der Waals surface area contributed by atoms with Gasteiger partial charge in [0, 0.05) is 5.57 Å². The fourth-order valence-corrected chi connectivity index (χ4v) is 1.50. The Kier molecular flexibility index (Phi) is 4.33. The minimum absolute atomic E-state index is 0.308. The molecular formula is C12H11ClFN. The van der Waals surface area contributed by atoms with Gasteiger partial charge >= 0.3 is 0 Å². The van der Waals surface area contributed by atoms with Gasteiger partial charge < -0.3 is 0 Å². The van der Waals surface area contributed by atoms with Crippen LogP contribution in [-0.2, 0) is 0 Å². The zero-order valence-corrected chi connectivity index (χ0v) is 9.18. The monoisotopic (exact) mass is 223 g/mol. The van der Waals surface area contributed by atoms with Crippen LogP contribution < -0.4 is 0 Å². The Morgan fingerprint density at radius 3 is 2.47 bits per heavy atom. The molecule has 0 fully saturated rings. The standard InChI is InChI=1S/C12H11ClFN/c1-2-3-10(8-15)12(13)9-4-6-11(14)7-5-9/h4-7H,2-3H2,1H3. The lowest BCUT2D eigenvalue weighted by Gasteiger charge is -2.02. The molecule has 0 aliphatic rings. The summed E-state index contributed by atoms with van der Waals surface area (Å²) in [5.74, 6) is -0.308. The Morgan fingerprint density at radius 1 is 1.40 bits per heavy atom. The highest BCUT2D eigenvalue weighted by Crippen LogP contribution is 2.25. The third-order valence-corrected chi connectivity index (χ3v) is 2.44. The van der Waals surface area contributed by atoms with E-state index in [1.807, 2.05) is 6.92 Å². The summed E-state index contributed by atoms with van der Waals surface area (Å²) in [6, 6.07) is 7.88. The summed E-state index contributed by atoms with van der Waals surface area (Å²) in [4.78, 5) is 0. The first-order valence-corrected chi connectivity index (χ1v) is 5.11. The van der Waals surface area contributed by atoms with E-state index in [9.17, 15) is 4.39 Å². The Balaban J connectivity index is 3.06. The third kappa shape index (κ3) is 3.07. The minimum atomic E-state index is -0.308. The first-order chi connectivity index (χ1) is 7.19. The SMILES string of the molecule is CCCC(C#N)=C(Cl)c1ccc(F)cc1. The number of benzene rings is 1. The van der Waals surface area contributed by atoms with Crippen molar-refractivity contribution >= 4 is 16.6 Å². The molecule has 1 aromatic rings. The van der Waals surface area contributed by atoms with Crippen molar-refractivity contribution in [3.05, 3.63) is 41.2 Å². The molecule has 0 amide bonds. The largest absolute Gasteiger partial charge is 0.207 e. The second-order valence-corrected chi connectivity index (χ2v) is 3.54. The summed E-state index contributed by atoms with van der Waals surface area (Å²) >= 11 is 6.04. The molecule has 0 bridgehead atoms. The molecule has 1 aromatic carbocycles. The van der Waals surface area contributed by atoms with Crippen LogP contribution in [0.25, 0.3) is 5.03 Å². The summed E-state index contributed by atoms with van der Waals surface area (Å²) in [6.45, 7) is 1.98. The van der Waals surface area contributed by atoms with E-state index in [0.29, 0.717) is 22.6 Å². The molecular weight excluding hydrogens is 213 g/mol. The number of halogens is 2. The van der Waals surface area contributed by atoms with Crippen LogP contribution in [0.2, 0.25) is 0 Å². The molecule has 0 unspecified atom stereocenters. The molecule has 0 N–H and O–H groups in total. The van der Waals surface area contributed by atoms with E-state index in [1.54, 1.807) is 12.1 Å². The van der Waals surface area contributed by atoms with Crippen molar-refractivity contribution in [2.75, 3.05) is 0 Å². The summed E-state index contributed by atoms with van der Waals surface area (Å²) in [7, 11) is 0. The zero-order chi connectivity index (χ0) is 11.3. The van der Waals surface area contributed by atoms with Crippen molar-refractivity contribution in [2.24, 2.45) is 0 Å². The van der Waals surface area contributed by atoms with E-state index in [0.717, 1.165) is 6.42 Å². The molecule has 0 aliphatic carbocycles. The second-order valence-electron chi connectivity index (χ2n) is 3.16. The van der Waals surface area contributed by atoms with Crippen molar-refractivity contribution in [2.45, 2.75) is 19.8 Å². The highest BCUT2D eigenvalue weighted by atomic mass is 35.5. The van der Waals surface area contributed by atoms with Gasteiger partial charge in [0.05, 0.1) is 11.1 Å². The summed E-state index contributed by atoms with van der Waals surface area (Å²) in [5.41, 5.74) is 1.23. The van der Waals surface area contributed by atoms with Gasteiger partial charge in [0.1, 0.15) is 5.82 Å². The van der Waals surface area contributed by atoms with Crippen LogP contribution >= 0.6 is 11.6 Å². The molecule has 0 saturated heterocycles. The lowest BCUT2D eigenvalue weighted by Crippen LogP contribution is -1.85. The van der Waals surface area contributed by atoms with Crippen LogP contribution in [-0.4, -0.2) is 0 Å². The van der Waals surface area contributed by atoms with Gasteiger partial charge in [-0.05, 0) is 24.1 Å². The highest BCUT2D eigenvalue weighted by Gasteiger charge is 2.05. The molecule has 0 atom stereocenters. The third-order valence-electron chi connectivity index (χ3n) is 2.00. The zero-order valence-electron chi connectivity index (χ0n) is 8.43. The summed E-state index contributed by atoms with van der Waals surface area (Å²) < 4.78 is 12.7. The Labute approximate surface area is 93.8 Å². The number of nitrogens with zero attached hydrogens (tertiary/aromatic N) is 1. The topological polar surface area (TPSA) is 23.8 Å². The lowest BCUT2D eigenvalue weighted by atomic mass is 10.1. The van der Waals surface area contributed by atoms with E-state index in [1.165, 1.54) is 12.1 Å². The first kappa shape index (κ1) is 11.7. The maximum Gasteiger partial charge on any atom is 0.123 e. The van der Waals surface area contributed by atoms with Crippen LogP contribution in [0.15, 0.2) is 29.8 Å². The normalized spacial score (nSPS) is 11.9. The predicted molar refractivity (Wildman–Crippen MR) is 59.7 cm³/mol. The van der Waals surface area contributed by atoms with Crippen LogP contribution in [0.5, 0.6) is 0 Å². The summed E-state index contributed by atoms with van der Waals surface area (Å²) in [6.07, 6.45) is 1.51. The molecule has 0 heterocycles. The van der Waals surface area contributed by atoms with Crippen molar-refractivity contribution in [1.82, 2.24) is 0 Å². The number of rotatable bonds is 3. The molecule has 78 valence electrons. The number of hydrogen-bond donors (Lipinski definition) is 0. The molecule has 1 nitrogen and oxygen atoms in total. The molecule has 0 aromatic heterocycles. The number of hydrogen-bond acceptors (Lipinski definition) is 1. The van der Waals surface area contributed by atoms with E-state index >= 15 is 0 Å². The maximum absolute atomic E-state index is 12.7. The van der Waals surface area contributed by atoms with Crippen LogP contribution in [0, 0.1) is 17.1 Å². The van der Waals surface area contributed by atoms with Crippen molar-refractivity contribution < 1.29 is 4.39 Å². The smallest absolute Gasteiger partial charge is 0.123 e. The average molecular weight is 224 g/mol. The van der Waals surface area contributed by atoms with Gasteiger partial charge in [-0.3, -0.25) is 0 Å². The molecule has 15 heavy (non-hydrogen) atoms. The Morgan fingerprint density at radius 2 is 2.00 bits per heavy atom. The molecule has 0 spiro atoms. The van der Waals surface area contributed by atoms with Gasteiger partial charge in [-0.1, -0.05) is 37.1 Å². The van der Waals surface area contributed by atoms with Crippen LogP contribution in [0.4, 0.5) is 4.39 Å². The summed E-state index contributed by atoms with van der Waals surface area (Å²) in [5, 5.41) is 9.29.